The fraction of sp³-hybridized carbons (Fsp3) is 0.0377. The number of para-hydroxylation sites is 2. The molecule has 0 amide bonds. The van der Waals surface area contributed by atoms with E-state index < -0.39 is 0 Å². The summed E-state index contributed by atoms with van der Waals surface area (Å²) in [4.78, 5) is 15.7. The molecule has 1 aliphatic rings. The van der Waals surface area contributed by atoms with E-state index in [2.05, 4.69) is 150 Å². The molecule has 0 unspecified atom stereocenters. The number of fused-ring (bicyclic) bond motifs is 9. The van der Waals surface area contributed by atoms with Gasteiger partial charge in [0.15, 0.2) is 17.5 Å². The Morgan fingerprint density at radius 1 is 0.379 bits per heavy atom. The Kier molecular flexibility index (Phi) is 7.29. The Labute approximate surface area is 334 Å². The lowest BCUT2D eigenvalue weighted by molar-refractivity contribution is 0.669. The molecule has 1 aliphatic carbocycles. The van der Waals surface area contributed by atoms with Gasteiger partial charge < -0.3 is 8.98 Å². The minimum Gasteiger partial charge on any atom is -0.456 e. The maximum atomic E-state index is 6.90. The molecule has 0 spiro atoms. The van der Waals surface area contributed by atoms with Gasteiger partial charge in [-0.25, -0.2) is 15.0 Å². The van der Waals surface area contributed by atoms with Crippen molar-refractivity contribution in [2.24, 2.45) is 0 Å². The van der Waals surface area contributed by atoms with Gasteiger partial charge in [-0.1, -0.05) is 152 Å². The van der Waals surface area contributed by atoms with Crippen LogP contribution in [0.1, 0.15) is 11.1 Å². The molecule has 0 fully saturated rings. The normalized spacial score (nSPS) is 12.3. The Bertz CT molecular complexity index is 3290. The highest BCUT2D eigenvalue weighted by Crippen LogP contribution is 2.48. The number of aromatic nitrogens is 4. The lowest BCUT2D eigenvalue weighted by Gasteiger charge is -2.23. The third-order valence-electron chi connectivity index (χ3n) is 11.8. The van der Waals surface area contributed by atoms with Crippen molar-refractivity contribution in [1.82, 2.24) is 19.5 Å². The molecule has 5 nitrogen and oxygen atoms in total. The first-order valence-corrected chi connectivity index (χ1v) is 19.8. The van der Waals surface area contributed by atoms with Crippen molar-refractivity contribution >= 4 is 43.7 Å². The van der Waals surface area contributed by atoms with Gasteiger partial charge in [0, 0.05) is 32.8 Å². The van der Waals surface area contributed by atoms with Gasteiger partial charge >= 0.3 is 0 Å². The molecule has 0 aliphatic heterocycles. The summed E-state index contributed by atoms with van der Waals surface area (Å²) in [5.41, 5.74) is 15.2. The highest BCUT2D eigenvalue weighted by Gasteiger charge is 2.27. The summed E-state index contributed by atoms with van der Waals surface area (Å²) in [5, 5.41) is 4.43. The highest BCUT2D eigenvalue weighted by molar-refractivity contribution is 6.20. The SMILES string of the molecule is c1ccc(-c2nc(-c3ccccc3)nc(-c3ccc4oc5cccc(-c6cccc7c6-c6ccccc6CC7)c5c4c3-n3c4ccccc4c4ccccc43)n2)cc1. The van der Waals surface area contributed by atoms with Gasteiger partial charge in [-0.15, -0.1) is 0 Å². The van der Waals surface area contributed by atoms with Crippen LogP contribution in [0.5, 0.6) is 0 Å². The van der Waals surface area contributed by atoms with Crippen LogP contribution in [0, 0.1) is 0 Å². The second-order valence-corrected chi connectivity index (χ2v) is 15.0. The van der Waals surface area contributed by atoms with E-state index in [4.69, 9.17) is 19.4 Å². The zero-order valence-electron chi connectivity index (χ0n) is 31.4. The van der Waals surface area contributed by atoms with Crippen LogP contribution >= 0.6 is 0 Å². The van der Waals surface area contributed by atoms with Gasteiger partial charge in [0.05, 0.1) is 22.1 Å². The number of furan rings is 1. The predicted octanol–water partition coefficient (Wildman–Crippen LogP) is 13.3. The molecule has 0 radical (unpaired) electrons. The van der Waals surface area contributed by atoms with Gasteiger partial charge in [-0.2, -0.15) is 0 Å². The summed E-state index contributed by atoms with van der Waals surface area (Å²) < 4.78 is 9.30. The average molecular weight is 743 g/mol. The van der Waals surface area contributed by atoms with E-state index in [1.54, 1.807) is 0 Å². The van der Waals surface area contributed by atoms with E-state index in [-0.39, 0.29) is 0 Å². The van der Waals surface area contributed by atoms with Crippen molar-refractivity contribution in [2.45, 2.75) is 12.8 Å². The molecule has 0 saturated carbocycles. The first kappa shape index (κ1) is 32.6. The minimum atomic E-state index is 0.587. The van der Waals surface area contributed by atoms with Crippen molar-refractivity contribution in [3.05, 3.63) is 193 Å². The summed E-state index contributed by atoms with van der Waals surface area (Å²) in [5.74, 6) is 1.82. The molecule has 3 heterocycles. The smallest absolute Gasteiger partial charge is 0.166 e. The van der Waals surface area contributed by atoms with Crippen LogP contribution < -0.4 is 0 Å². The van der Waals surface area contributed by atoms with E-state index in [0.717, 1.165) is 73.8 Å². The highest BCUT2D eigenvalue weighted by atomic mass is 16.3. The summed E-state index contributed by atoms with van der Waals surface area (Å²) in [6, 6.07) is 64.0. The Hall–Kier alpha value is -7.63. The van der Waals surface area contributed by atoms with Gasteiger partial charge in [-0.05, 0) is 76.6 Å². The molecular formula is C53H34N4O. The number of nitrogens with zero attached hydrogens (tertiary/aromatic N) is 4. The van der Waals surface area contributed by atoms with Crippen LogP contribution in [0.2, 0.25) is 0 Å². The van der Waals surface area contributed by atoms with Gasteiger partial charge in [0.25, 0.3) is 0 Å². The largest absolute Gasteiger partial charge is 0.456 e. The lowest BCUT2D eigenvalue weighted by Crippen LogP contribution is -2.05. The number of benzene rings is 8. The van der Waals surface area contributed by atoms with E-state index in [9.17, 15) is 0 Å². The fourth-order valence-corrected chi connectivity index (χ4v) is 9.22. The first-order chi connectivity index (χ1) is 28.8. The Morgan fingerprint density at radius 2 is 0.914 bits per heavy atom. The van der Waals surface area contributed by atoms with Crippen LogP contribution in [-0.4, -0.2) is 19.5 Å². The van der Waals surface area contributed by atoms with E-state index in [1.165, 1.54) is 38.6 Å². The molecule has 0 N–H and O–H groups in total. The Morgan fingerprint density at radius 3 is 1.64 bits per heavy atom. The molecule has 0 saturated heterocycles. The van der Waals surface area contributed by atoms with Gasteiger partial charge in [-0.3, -0.25) is 0 Å². The lowest BCUT2D eigenvalue weighted by atomic mass is 9.81. The monoisotopic (exact) mass is 742 g/mol. The third-order valence-corrected chi connectivity index (χ3v) is 11.8. The second kappa shape index (κ2) is 13.0. The van der Waals surface area contributed by atoms with Crippen LogP contribution in [-0.2, 0) is 12.8 Å². The number of hydrogen-bond acceptors (Lipinski definition) is 4. The van der Waals surface area contributed by atoms with Crippen LogP contribution in [0.15, 0.2) is 186 Å². The summed E-state index contributed by atoms with van der Waals surface area (Å²) in [6.45, 7) is 0. The van der Waals surface area contributed by atoms with E-state index >= 15 is 0 Å². The van der Waals surface area contributed by atoms with Crippen molar-refractivity contribution in [2.75, 3.05) is 0 Å². The standard InChI is InChI=1S/C53H34N4O/c1-3-16-35(17-4-1)51-54-52(36-18-5-2-6-19-36)56-53(55-51)42-31-32-46-49(50(42)57-43-26-11-9-22-38(43)39-23-10-12-27-44(39)57)48-41(25-14-28-45(48)58-46)40-24-13-20-34-30-29-33-15-7-8-21-37(33)47(34)40/h1-28,31-32H,29-30H2. The maximum absolute atomic E-state index is 6.90. The van der Waals surface area contributed by atoms with Crippen molar-refractivity contribution < 1.29 is 4.42 Å². The molecule has 58 heavy (non-hydrogen) atoms. The first-order valence-electron chi connectivity index (χ1n) is 19.8. The molecule has 0 bridgehead atoms. The summed E-state index contributed by atoms with van der Waals surface area (Å²) in [6.07, 6.45) is 2.04. The van der Waals surface area contributed by atoms with Crippen LogP contribution in [0.4, 0.5) is 0 Å². The maximum Gasteiger partial charge on any atom is 0.166 e. The molecule has 12 rings (SSSR count). The molecule has 11 aromatic rings. The summed E-state index contributed by atoms with van der Waals surface area (Å²) >= 11 is 0. The fourth-order valence-electron chi connectivity index (χ4n) is 9.22. The predicted molar refractivity (Wildman–Crippen MR) is 236 cm³/mol. The number of hydrogen-bond donors (Lipinski definition) is 0. The molecule has 272 valence electrons. The van der Waals surface area contributed by atoms with Crippen molar-refractivity contribution in [1.29, 1.82) is 0 Å². The van der Waals surface area contributed by atoms with Crippen molar-refractivity contribution in [3.8, 4) is 62.1 Å². The molecule has 0 atom stereocenters. The zero-order valence-corrected chi connectivity index (χ0v) is 31.4. The quantitative estimate of drug-likeness (QED) is 0.176. The molecule has 3 aromatic heterocycles. The van der Waals surface area contributed by atoms with E-state index in [0.29, 0.717) is 17.5 Å². The van der Waals surface area contributed by atoms with E-state index in [1.807, 2.05) is 36.4 Å². The van der Waals surface area contributed by atoms with Crippen LogP contribution in [0.25, 0.3) is 106 Å². The minimum absolute atomic E-state index is 0.587. The Balaban J connectivity index is 1.24. The molecular weight excluding hydrogens is 709 g/mol. The van der Waals surface area contributed by atoms with Crippen LogP contribution in [0.3, 0.4) is 0 Å². The van der Waals surface area contributed by atoms with Crippen molar-refractivity contribution in [3.63, 3.8) is 0 Å². The molecule has 5 heteroatoms. The molecule has 8 aromatic carbocycles. The number of rotatable bonds is 5. The average Bonchev–Trinajstić information content (AvgIpc) is 3.85. The van der Waals surface area contributed by atoms with Gasteiger partial charge in [0.2, 0.25) is 0 Å². The topological polar surface area (TPSA) is 56.7 Å². The van der Waals surface area contributed by atoms with Gasteiger partial charge in [0.1, 0.15) is 11.2 Å². The number of aryl methyl sites for hydroxylation is 2. The second-order valence-electron chi connectivity index (χ2n) is 15.0. The zero-order chi connectivity index (χ0) is 38.2. The summed E-state index contributed by atoms with van der Waals surface area (Å²) in [7, 11) is 0. The third kappa shape index (κ3) is 5.00.